The Labute approximate surface area is 154 Å². The highest BCUT2D eigenvalue weighted by Gasteiger charge is 2.21. The minimum absolute atomic E-state index is 0.123. The van der Waals surface area contributed by atoms with Gasteiger partial charge in [0.2, 0.25) is 5.16 Å². The van der Waals surface area contributed by atoms with E-state index in [4.69, 9.17) is 4.74 Å². The number of hydrogen-bond acceptors (Lipinski definition) is 6. The van der Waals surface area contributed by atoms with Crippen molar-refractivity contribution in [3.63, 3.8) is 0 Å². The van der Waals surface area contributed by atoms with Crippen LogP contribution in [-0.4, -0.2) is 37.8 Å². The van der Waals surface area contributed by atoms with Gasteiger partial charge in [-0.2, -0.15) is 4.68 Å². The van der Waals surface area contributed by atoms with Crippen LogP contribution in [0.1, 0.15) is 24.2 Å². The molecular weight excluding hydrogens is 355 g/mol. The first-order valence-corrected chi connectivity index (χ1v) is 8.95. The molecule has 1 unspecified atom stereocenters. The highest BCUT2D eigenvalue weighted by atomic mass is 32.2. The molecule has 0 amide bonds. The molecule has 2 aromatic carbocycles. The van der Waals surface area contributed by atoms with Crippen LogP contribution in [-0.2, 0) is 0 Å². The average Bonchev–Trinajstić information content (AvgIpc) is 3.10. The molecule has 134 valence electrons. The summed E-state index contributed by atoms with van der Waals surface area (Å²) in [5, 5.41) is 11.8. The van der Waals surface area contributed by atoms with Crippen molar-refractivity contribution >= 4 is 17.5 Å². The Morgan fingerprint density at radius 1 is 1.23 bits per heavy atom. The summed E-state index contributed by atoms with van der Waals surface area (Å²) < 4.78 is 20.2. The van der Waals surface area contributed by atoms with E-state index in [9.17, 15) is 9.18 Å². The minimum Gasteiger partial charge on any atom is -0.492 e. The van der Waals surface area contributed by atoms with Gasteiger partial charge in [0.15, 0.2) is 5.78 Å². The lowest BCUT2D eigenvalue weighted by Crippen LogP contribution is -2.15. The summed E-state index contributed by atoms with van der Waals surface area (Å²) in [7, 11) is 0. The van der Waals surface area contributed by atoms with E-state index in [1.165, 1.54) is 36.0 Å². The summed E-state index contributed by atoms with van der Waals surface area (Å²) in [6.07, 6.45) is 0. The van der Waals surface area contributed by atoms with Crippen LogP contribution in [0.15, 0.2) is 53.7 Å². The zero-order chi connectivity index (χ0) is 18.5. The fourth-order valence-electron chi connectivity index (χ4n) is 2.37. The monoisotopic (exact) mass is 372 g/mol. The number of ketones is 1. The molecule has 6 nitrogen and oxygen atoms in total. The second-order valence-corrected chi connectivity index (χ2v) is 6.71. The smallest absolute Gasteiger partial charge is 0.214 e. The molecule has 1 aromatic heterocycles. The molecule has 8 heteroatoms. The van der Waals surface area contributed by atoms with E-state index >= 15 is 0 Å². The number of carbonyl (C=O) groups excluding carboxylic acids is 1. The van der Waals surface area contributed by atoms with E-state index in [2.05, 4.69) is 15.5 Å². The lowest BCUT2D eigenvalue weighted by molar-refractivity contribution is 0.0994. The van der Waals surface area contributed by atoms with Crippen LogP contribution >= 0.6 is 11.8 Å². The van der Waals surface area contributed by atoms with Crippen molar-refractivity contribution in [3.05, 3.63) is 59.9 Å². The number of thioether (sulfide) groups is 1. The van der Waals surface area contributed by atoms with Crippen molar-refractivity contribution in [2.24, 2.45) is 0 Å². The third kappa shape index (κ3) is 3.91. The molecule has 0 bridgehead atoms. The van der Waals surface area contributed by atoms with Crippen LogP contribution < -0.4 is 4.74 Å². The van der Waals surface area contributed by atoms with Crippen molar-refractivity contribution in [3.8, 4) is 11.4 Å². The summed E-state index contributed by atoms with van der Waals surface area (Å²) in [6.45, 7) is 4.18. The Kier molecular flexibility index (Phi) is 5.62. The Hall–Kier alpha value is -2.74. The number of rotatable bonds is 7. The summed E-state index contributed by atoms with van der Waals surface area (Å²) >= 11 is 1.23. The molecule has 3 rings (SSSR count). The third-order valence-electron chi connectivity index (χ3n) is 3.61. The summed E-state index contributed by atoms with van der Waals surface area (Å²) in [5.74, 6) is 0.155. The van der Waals surface area contributed by atoms with Crippen molar-refractivity contribution in [2.75, 3.05) is 6.61 Å². The van der Waals surface area contributed by atoms with Gasteiger partial charge >= 0.3 is 0 Å². The van der Waals surface area contributed by atoms with Gasteiger partial charge in [-0.25, -0.2) is 4.39 Å². The van der Waals surface area contributed by atoms with Crippen molar-refractivity contribution in [2.45, 2.75) is 24.3 Å². The predicted octanol–water partition coefficient (Wildman–Crippen LogP) is 3.56. The molecular formula is C18H17FN4O2S. The van der Waals surface area contributed by atoms with E-state index < -0.39 is 5.25 Å². The lowest BCUT2D eigenvalue weighted by atomic mass is 10.1. The maximum atomic E-state index is 13.0. The number of benzene rings is 2. The minimum atomic E-state index is -0.440. The fraction of sp³-hybridized carbons (Fsp3) is 0.222. The number of aromatic nitrogens is 4. The first-order valence-electron chi connectivity index (χ1n) is 8.07. The highest BCUT2D eigenvalue weighted by molar-refractivity contribution is 8.00. The number of para-hydroxylation sites is 2. The zero-order valence-electron chi connectivity index (χ0n) is 14.3. The molecule has 26 heavy (non-hydrogen) atoms. The quantitative estimate of drug-likeness (QED) is 0.466. The molecule has 0 aliphatic heterocycles. The maximum absolute atomic E-state index is 13.0. The first-order chi connectivity index (χ1) is 12.6. The van der Waals surface area contributed by atoms with Crippen LogP contribution in [0.2, 0.25) is 0 Å². The van der Waals surface area contributed by atoms with Crippen LogP contribution in [0.4, 0.5) is 4.39 Å². The Bertz CT molecular complexity index is 898. The van der Waals surface area contributed by atoms with E-state index in [1.807, 2.05) is 31.2 Å². The summed E-state index contributed by atoms with van der Waals surface area (Å²) in [5.41, 5.74) is 1.14. The molecule has 0 aliphatic carbocycles. The standard InChI is InChI=1S/C18H17FN4O2S/c1-3-25-16-7-5-4-6-15(16)23-18(20-21-22-23)26-12(2)17(24)13-8-10-14(19)11-9-13/h4-12H,3H2,1-2H3. The molecule has 3 aromatic rings. The molecule has 0 saturated heterocycles. The van der Waals surface area contributed by atoms with Crippen molar-refractivity contribution < 1.29 is 13.9 Å². The lowest BCUT2D eigenvalue weighted by Gasteiger charge is -2.12. The predicted molar refractivity (Wildman–Crippen MR) is 96.4 cm³/mol. The number of tetrazole rings is 1. The van der Waals surface area contributed by atoms with E-state index in [1.54, 1.807) is 11.6 Å². The van der Waals surface area contributed by atoms with Gasteiger partial charge in [-0.3, -0.25) is 4.79 Å². The maximum Gasteiger partial charge on any atom is 0.214 e. The summed E-state index contributed by atoms with van der Waals surface area (Å²) in [6, 6.07) is 12.9. The molecule has 1 heterocycles. The SMILES string of the molecule is CCOc1ccccc1-n1nnnc1SC(C)C(=O)c1ccc(F)cc1. The Morgan fingerprint density at radius 3 is 2.69 bits per heavy atom. The molecule has 0 aliphatic rings. The van der Waals surface area contributed by atoms with Crippen LogP contribution in [0.25, 0.3) is 5.69 Å². The second-order valence-electron chi connectivity index (χ2n) is 5.41. The van der Waals surface area contributed by atoms with Crippen LogP contribution in [0, 0.1) is 5.82 Å². The van der Waals surface area contributed by atoms with E-state index in [0.29, 0.717) is 28.8 Å². The van der Waals surface area contributed by atoms with E-state index in [-0.39, 0.29) is 11.6 Å². The number of hydrogen-bond donors (Lipinski definition) is 0. The number of carbonyl (C=O) groups is 1. The zero-order valence-corrected chi connectivity index (χ0v) is 15.1. The number of ether oxygens (including phenoxy) is 1. The normalized spacial score (nSPS) is 12.0. The van der Waals surface area contributed by atoms with Crippen LogP contribution in [0.5, 0.6) is 5.75 Å². The summed E-state index contributed by atoms with van der Waals surface area (Å²) in [4.78, 5) is 12.6. The molecule has 1 atom stereocenters. The van der Waals surface area contributed by atoms with Crippen LogP contribution in [0.3, 0.4) is 0 Å². The molecule has 0 saturated carbocycles. The van der Waals surface area contributed by atoms with Gasteiger partial charge in [-0.15, -0.1) is 5.10 Å². The number of nitrogens with zero attached hydrogens (tertiary/aromatic N) is 4. The van der Waals surface area contributed by atoms with Crippen molar-refractivity contribution in [1.29, 1.82) is 0 Å². The molecule has 0 radical (unpaired) electrons. The first kappa shape index (κ1) is 18.1. The fourth-order valence-corrected chi connectivity index (χ4v) is 3.25. The van der Waals surface area contributed by atoms with Gasteiger partial charge in [0.25, 0.3) is 0 Å². The van der Waals surface area contributed by atoms with Gasteiger partial charge in [0, 0.05) is 5.56 Å². The molecule has 0 N–H and O–H groups in total. The van der Waals surface area contributed by atoms with Gasteiger partial charge in [0.05, 0.1) is 11.9 Å². The average molecular weight is 372 g/mol. The molecule has 0 spiro atoms. The number of Topliss-reactive ketones (excluding diaryl/α,β-unsaturated/α-hetero) is 1. The van der Waals surface area contributed by atoms with E-state index in [0.717, 1.165) is 0 Å². The van der Waals surface area contributed by atoms with Gasteiger partial charge in [-0.1, -0.05) is 23.9 Å². The Morgan fingerprint density at radius 2 is 1.96 bits per heavy atom. The van der Waals surface area contributed by atoms with Crippen molar-refractivity contribution in [1.82, 2.24) is 20.2 Å². The highest BCUT2D eigenvalue weighted by Crippen LogP contribution is 2.29. The Balaban J connectivity index is 1.83. The van der Waals surface area contributed by atoms with Gasteiger partial charge in [0.1, 0.15) is 17.3 Å². The number of halogens is 1. The largest absolute Gasteiger partial charge is 0.492 e. The topological polar surface area (TPSA) is 69.9 Å². The third-order valence-corrected chi connectivity index (χ3v) is 4.65. The van der Waals surface area contributed by atoms with Gasteiger partial charge < -0.3 is 4.74 Å². The van der Waals surface area contributed by atoms with Gasteiger partial charge in [-0.05, 0) is 60.7 Å². The molecule has 0 fully saturated rings. The second kappa shape index (κ2) is 8.09.